The van der Waals surface area contributed by atoms with Crippen LogP contribution < -0.4 is 4.90 Å². The lowest BCUT2D eigenvalue weighted by Crippen LogP contribution is -2.44. The molecule has 1 aromatic rings. The fourth-order valence-electron chi connectivity index (χ4n) is 1.99. The monoisotopic (exact) mass is 272 g/mol. The van der Waals surface area contributed by atoms with Crippen LogP contribution in [0.2, 0.25) is 4.34 Å². The minimum absolute atomic E-state index is 0.182. The van der Waals surface area contributed by atoms with E-state index in [2.05, 4.69) is 16.8 Å². The normalized spacial score (nSPS) is 17.5. The van der Waals surface area contributed by atoms with Crippen LogP contribution in [0.15, 0.2) is 6.07 Å². The summed E-state index contributed by atoms with van der Waals surface area (Å²) in [7, 11) is 2.12. The molecule has 2 rings (SSSR count). The molecule has 0 bridgehead atoms. The van der Waals surface area contributed by atoms with Crippen LogP contribution in [0.5, 0.6) is 0 Å². The van der Waals surface area contributed by atoms with Crippen molar-refractivity contribution in [2.45, 2.75) is 13.3 Å². The zero-order valence-electron chi connectivity index (χ0n) is 10.2. The van der Waals surface area contributed by atoms with Crippen molar-refractivity contribution < 1.29 is 4.79 Å². The number of carbonyl (C=O) groups excluding carboxylic acids is 1. The average molecular weight is 273 g/mol. The van der Waals surface area contributed by atoms with Gasteiger partial charge in [-0.2, -0.15) is 0 Å². The average Bonchev–Trinajstić information content (AvgIpc) is 2.71. The lowest BCUT2D eigenvalue weighted by Gasteiger charge is -2.33. The number of halogens is 1. The molecule has 1 aromatic heterocycles. The van der Waals surface area contributed by atoms with Crippen LogP contribution in [0, 0.1) is 0 Å². The molecule has 3 nitrogen and oxygen atoms in total. The van der Waals surface area contributed by atoms with Gasteiger partial charge >= 0.3 is 0 Å². The van der Waals surface area contributed by atoms with Gasteiger partial charge in [-0.15, -0.1) is 11.3 Å². The Hall–Kier alpha value is -0.580. The highest BCUT2D eigenvalue weighted by Gasteiger charge is 2.22. The first-order chi connectivity index (χ1) is 8.11. The first-order valence-corrected chi connectivity index (χ1v) is 7.07. The van der Waals surface area contributed by atoms with Crippen LogP contribution in [0.25, 0.3) is 0 Å². The molecular formula is C12H17ClN2OS. The van der Waals surface area contributed by atoms with Crippen LogP contribution in [0.4, 0.5) is 5.00 Å². The van der Waals surface area contributed by atoms with Crippen LogP contribution >= 0.6 is 22.9 Å². The maximum atomic E-state index is 11.9. The van der Waals surface area contributed by atoms with Gasteiger partial charge in [-0.3, -0.25) is 4.79 Å². The van der Waals surface area contributed by atoms with E-state index in [-0.39, 0.29) is 5.78 Å². The fourth-order valence-corrected chi connectivity index (χ4v) is 3.27. The van der Waals surface area contributed by atoms with Crippen molar-refractivity contribution >= 4 is 33.7 Å². The number of carbonyl (C=O) groups is 1. The molecule has 0 spiro atoms. The van der Waals surface area contributed by atoms with Crippen molar-refractivity contribution in [3.63, 3.8) is 0 Å². The van der Waals surface area contributed by atoms with Crippen LogP contribution in [-0.4, -0.2) is 43.9 Å². The van der Waals surface area contributed by atoms with Gasteiger partial charge < -0.3 is 9.80 Å². The van der Waals surface area contributed by atoms with Gasteiger partial charge in [0, 0.05) is 32.6 Å². The molecular weight excluding hydrogens is 256 g/mol. The third-order valence-electron chi connectivity index (χ3n) is 3.09. The van der Waals surface area contributed by atoms with Gasteiger partial charge in [-0.1, -0.05) is 18.5 Å². The van der Waals surface area contributed by atoms with E-state index in [1.807, 2.05) is 13.0 Å². The Bertz CT molecular complexity index is 411. The van der Waals surface area contributed by atoms with Crippen molar-refractivity contribution in [3.05, 3.63) is 16.0 Å². The maximum Gasteiger partial charge on any atom is 0.165 e. The summed E-state index contributed by atoms with van der Waals surface area (Å²) in [6, 6.07) is 1.81. The Morgan fingerprint density at radius 1 is 1.41 bits per heavy atom. The van der Waals surface area contributed by atoms with Crippen molar-refractivity contribution in [2.75, 3.05) is 38.1 Å². The molecule has 94 valence electrons. The number of ketones is 1. The molecule has 5 heteroatoms. The summed E-state index contributed by atoms with van der Waals surface area (Å²) in [5.41, 5.74) is 0.798. The summed E-state index contributed by atoms with van der Waals surface area (Å²) in [5, 5.41) is 1.05. The van der Waals surface area contributed by atoms with E-state index < -0.39 is 0 Å². The van der Waals surface area contributed by atoms with E-state index in [1.54, 1.807) is 0 Å². The number of Topliss-reactive ketones (excluding diaryl/α,β-unsaturated/α-hetero) is 1. The predicted molar refractivity (Wildman–Crippen MR) is 73.7 cm³/mol. The Kier molecular flexibility index (Phi) is 4.07. The highest BCUT2D eigenvalue weighted by Crippen LogP contribution is 2.35. The van der Waals surface area contributed by atoms with Gasteiger partial charge in [0.15, 0.2) is 5.78 Å². The van der Waals surface area contributed by atoms with Gasteiger partial charge in [0.05, 0.1) is 9.90 Å². The summed E-state index contributed by atoms with van der Waals surface area (Å²) in [4.78, 5) is 16.4. The first-order valence-electron chi connectivity index (χ1n) is 5.88. The summed E-state index contributed by atoms with van der Waals surface area (Å²) in [6.07, 6.45) is 0.536. The molecule has 1 fully saturated rings. The molecule has 0 radical (unpaired) electrons. The Balaban J connectivity index is 2.22. The van der Waals surface area contributed by atoms with E-state index in [0.717, 1.165) is 36.7 Å². The number of likely N-dealkylation sites (N-methyl/N-ethyl adjacent to an activating group) is 1. The van der Waals surface area contributed by atoms with Gasteiger partial charge in [0.25, 0.3) is 0 Å². The number of rotatable bonds is 3. The van der Waals surface area contributed by atoms with E-state index in [4.69, 9.17) is 11.6 Å². The highest BCUT2D eigenvalue weighted by molar-refractivity contribution is 7.20. The molecule has 2 heterocycles. The minimum Gasteiger partial charge on any atom is -0.360 e. The van der Waals surface area contributed by atoms with Gasteiger partial charge in [-0.05, 0) is 13.1 Å². The quantitative estimate of drug-likeness (QED) is 0.791. The zero-order chi connectivity index (χ0) is 12.4. The van der Waals surface area contributed by atoms with Crippen LogP contribution in [0.1, 0.15) is 23.7 Å². The zero-order valence-corrected chi connectivity index (χ0v) is 11.8. The number of thiophene rings is 1. The second-order valence-electron chi connectivity index (χ2n) is 4.34. The standard InChI is InChI=1S/C12H17ClN2OS/c1-3-10(16)9-8-11(13)17-12(9)15-6-4-14(2)5-7-15/h8H,3-7H2,1-2H3. The van der Waals surface area contributed by atoms with E-state index >= 15 is 0 Å². The molecule has 1 aliphatic rings. The molecule has 0 saturated carbocycles. The first kappa shape index (κ1) is 12.9. The van der Waals surface area contributed by atoms with Crippen molar-refractivity contribution in [3.8, 4) is 0 Å². The Morgan fingerprint density at radius 3 is 2.65 bits per heavy atom. The van der Waals surface area contributed by atoms with Crippen molar-refractivity contribution in [2.24, 2.45) is 0 Å². The third-order valence-corrected chi connectivity index (χ3v) is 4.42. The number of piperazine rings is 1. The second kappa shape index (κ2) is 5.38. The van der Waals surface area contributed by atoms with Gasteiger partial charge in [0.2, 0.25) is 0 Å². The van der Waals surface area contributed by atoms with E-state index in [1.165, 1.54) is 11.3 Å². The topological polar surface area (TPSA) is 23.6 Å². The Morgan fingerprint density at radius 2 is 2.06 bits per heavy atom. The summed E-state index contributed by atoms with van der Waals surface area (Å²) < 4.78 is 0.704. The van der Waals surface area contributed by atoms with Gasteiger partial charge in [-0.25, -0.2) is 0 Å². The minimum atomic E-state index is 0.182. The molecule has 1 aliphatic heterocycles. The SMILES string of the molecule is CCC(=O)c1cc(Cl)sc1N1CCN(C)CC1. The lowest BCUT2D eigenvalue weighted by atomic mass is 10.1. The fraction of sp³-hybridized carbons (Fsp3) is 0.583. The van der Waals surface area contributed by atoms with Crippen molar-refractivity contribution in [1.29, 1.82) is 0 Å². The van der Waals surface area contributed by atoms with Crippen molar-refractivity contribution in [1.82, 2.24) is 4.90 Å². The predicted octanol–water partition coefficient (Wildman–Crippen LogP) is 2.75. The number of hydrogen-bond acceptors (Lipinski definition) is 4. The largest absolute Gasteiger partial charge is 0.360 e. The summed E-state index contributed by atoms with van der Waals surface area (Å²) in [5.74, 6) is 0.182. The second-order valence-corrected chi connectivity index (χ2v) is 6.00. The maximum absolute atomic E-state index is 11.9. The van der Waals surface area contributed by atoms with Crippen LogP contribution in [-0.2, 0) is 0 Å². The van der Waals surface area contributed by atoms with Gasteiger partial charge in [0.1, 0.15) is 5.00 Å². The summed E-state index contributed by atoms with van der Waals surface area (Å²) >= 11 is 7.56. The smallest absolute Gasteiger partial charge is 0.165 e. The molecule has 0 amide bonds. The van der Waals surface area contributed by atoms with E-state index in [9.17, 15) is 4.79 Å². The molecule has 0 N–H and O–H groups in total. The molecule has 0 atom stereocenters. The molecule has 1 saturated heterocycles. The third kappa shape index (κ3) is 2.81. The molecule has 0 aromatic carbocycles. The van der Waals surface area contributed by atoms with Crippen LogP contribution in [0.3, 0.4) is 0 Å². The lowest BCUT2D eigenvalue weighted by molar-refractivity contribution is 0.0989. The number of hydrogen-bond donors (Lipinski definition) is 0. The highest BCUT2D eigenvalue weighted by atomic mass is 35.5. The summed E-state index contributed by atoms with van der Waals surface area (Å²) in [6.45, 7) is 5.90. The molecule has 0 unspecified atom stereocenters. The molecule has 17 heavy (non-hydrogen) atoms. The van der Waals surface area contributed by atoms with E-state index in [0.29, 0.717) is 10.8 Å². The Labute approximate surface area is 111 Å². The molecule has 0 aliphatic carbocycles. The number of nitrogens with zero attached hydrogens (tertiary/aromatic N) is 2. The number of anilines is 1.